The van der Waals surface area contributed by atoms with E-state index in [1.54, 1.807) is 6.07 Å². The van der Waals surface area contributed by atoms with Crippen LogP contribution in [0, 0.1) is 5.82 Å². The molecule has 1 aromatic rings. The summed E-state index contributed by atoms with van der Waals surface area (Å²) in [5, 5.41) is 4.59. The smallest absolute Gasteiger partial charge is 0.254 e. The van der Waals surface area contributed by atoms with Crippen molar-refractivity contribution in [3.63, 3.8) is 0 Å². The molecule has 0 aliphatic carbocycles. The number of carbonyl (C=O) groups is 3. The third-order valence-corrected chi connectivity index (χ3v) is 3.45. The zero-order valence-corrected chi connectivity index (χ0v) is 11.9. The lowest BCUT2D eigenvalue weighted by atomic mass is 10.0. The molecular formula is C15H17FN2O3. The maximum atomic E-state index is 14.0. The summed E-state index contributed by atoms with van der Waals surface area (Å²) >= 11 is 0. The van der Waals surface area contributed by atoms with Crippen molar-refractivity contribution in [3.8, 4) is 0 Å². The molecule has 21 heavy (non-hydrogen) atoms. The molecule has 1 heterocycles. The summed E-state index contributed by atoms with van der Waals surface area (Å²) in [5.41, 5.74) is 0.689. The van der Waals surface area contributed by atoms with Crippen LogP contribution in [0.2, 0.25) is 0 Å². The van der Waals surface area contributed by atoms with Crippen LogP contribution < -0.4 is 10.6 Å². The lowest BCUT2D eigenvalue weighted by Gasteiger charge is -2.22. The molecule has 6 heteroatoms. The van der Waals surface area contributed by atoms with Crippen molar-refractivity contribution < 1.29 is 18.8 Å². The average molecular weight is 292 g/mol. The first kappa shape index (κ1) is 15.2. The molecule has 0 unspecified atom stereocenters. The molecule has 1 aliphatic heterocycles. The molecule has 0 aromatic heterocycles. The van der Waals surface area contributed by atoms with E-state index in [1.165, 1.54) is 12.1 Å². The van der Waals surface area contributed by atoms with Gasteiger partial charge in [-0.15, -0.1) is 0 Å². The predicted octanol–water partition coefficient (Wildman–Crippen LogP) is 1.48. The first-order valence-corrected chi connectivity index (χ1v) is 6.82. The number of hydrogen-bond acceptors (Lipinski definition) is 3. The molecule has 0 spiro atoms. The van der Waals surface area contributed by atoms with Gasteiger partial charge in [-0.25, -0.2) is 4.39 Å². The van der Waals surface area contributed by atoms with Crippen LogP contribution in [-0.4, -0.2) is 23.8 Å². The second kappa shape index (κ2) is 6.03. The summed E-state index contributed by atoms with van der Waals surface area (Å²) in [6.45, 7) is 3.86. The Bertz CT molecular complexity index is 599. The summed E-state index contributed by atoms with van der Waals surface area (Å²) in [5.74, 6) is -2.04. The number of piperidine rings is 1. The number of imide groups is 1. The fraction of sp³-hybridized carbons (Fsp3) is 0.400. The first-order valence-electron chi connectivity index (χ1n) is 6.82. The van der Waals surface area contributed by atoms with Crippen LogP contribution >= 0.6 is 0 Å². The van der Waals surface area contributed by atoms with Crippen LogP contribution in [0.15, 0.2) is 18.2 Å². The van der Waals surface area contributed by atoms with E-state index in [-0.39, 0.29) is 30.2 Å². The molecule has 0 saturated carbocycles. The summed E-state index contributed by atoms with van der Waals surface area (Å²) in [6.07, 6.45) is 0.382. The molecule has 3 amide bonds. The molecule has 0 bridgehead atoms. The molecule has 5 nitrogen and oxygen atoms in total. The van der Waals surface area contributed by atoms with Crippen molar-refractivity contribution in [1.82, 2.24) is 10.6 Å². The second-order valence-corrected chi connectivity index (χ2v) is 5.37. The Kier molecular flexibility index (Phi) is 4.35. The zero-order valence-electron chi connectivity index (χ0n) is 11.9. The quantitative estimate of drug-likeness (QED) is 0.829. The van der Waals surface area contributed by atoms with E-state index >= 15 is 0 Å². The maximum absolute atomic E-state index is 14.0. The second-order valence-electron chi connectivity index (χ2n) is 5.37. The number of rotatable bonds is 3. The highest BCUT2D eigenvalue weighted by Gasteiger charge is 2.28. The van der Waals surface area contributed by atoms with Gasteiger partial charge in [0, 0.05) is 6.42 Å². The minimum Gasteiger partial charge on any atom is -0.340 e. The van der Waals surface area contributed by atoms with E-state index in [4.69, 9.17) is 0 Å². The van der Waals surface area contributed by atoms with Crippen molar-refractivity contribution in [1.29, 1.82) is 0 Å². The van der Waals surface area contributed by atoms with E-state index in [9.17, 15) is 18.8 Å². The van der Waals surface area contributed by atoms with Gasteiger partial charge < -0.3 is 5.32 Å². The average Bonchev–Trinajstić information content (AvgIpc) is 2.41. The topological polar surface area (TPSA) is 75.3 Å². The van der Waals surface area contributed by atoms with Crippen molar-refractivity contribution in [2.75, 3.05) is 0 Å². The van der Waals surface area contributed by atoms with Crippen molar-refractivity contribution in [2.24, 2.45) is 0 Å². The van der Waals surface area contributed by atoms with E-state index in [0.717, 1.165) is 5.56 Å². The van der Waals surface area contributed by atoms with Gasteiger partial charge in [0.1, 0.15) is 11.9 Å². The predicted molar refractivity (Wildman–Crippen MR) is 74.1 cm³/mol. The van der Waals surface area contributed by atoms with Crippen molar-refractivity contribution >= 4 is 17.7 Å². The summed E-state index contributed by atoms with van der Waals surface area (Å²) in [6, 6.07) is 3.61. The molecule has 112 valence electrons. The lowest BCUT2D eigenvalue weighted by Crippen LogP contribution is -2.52. The molecule has 1 saturated heterocycles. The van der Waals surface area contributed by atoms with Crippen LogP contribution in [0.3, 0.4) is 0 Å². The van der Waals surface area contributed by atoms with Crippen LogP contribution in [-0.2, 0) is 9.59 Å². The Morgan fingerprint density at radius 3 is 2.67 bits per heavy atom. The number of benzene rings is 1. The van der Waals surface area contributed by atoms with Crippen molar-refractivity contribution in [3.05, 3.63) is 35.1 Å². The van der Waals surface area contributed by atoms with Gasteiger partial charge in [0.2, 0.25) is 11.8 Å². The van der Waals surface area contributed by atoms with Crippen LogP contribution in [0.1, 0.15) is 48.5 Å². The van der Waals surface area contributed by atoms with Gasteiger partial charge in [0.05, 0.1) is 5.56 Å². The van der Waals surface area contributed by atoms with Crippen molar-refractivity contribution in [2.45, 2.75) is 38.6 Å². The first-order chi connectivity index (χ1) is 9.88. The highest BCUT2D eigenvalue weighted by molar-refractivity contribution is 6.03. The molecule has 1 atom stereocenters. The van der Waals surface area contributed by atoms with Gasteiger partial charge in [-0.1, -0.05) is 19.9 Å². The number of amides is 3. The summed E-state index contributed by atoms with van der Waals surface area (Å²) in [4.78, 5) is 34.6. The molecule has 1 aliphatic rings. The SMILES string of the molecule is CC(C)c1ccc(C(=O)N[C@@H]2CCC(=O)NC2=O)c(F)c1. The number of halogens is 1. The lowest BCUT2D eigenvalue weighted by molar-refractivity contribution is -0.134. The van der Waals surface area contributed by atoms with Gasteiger partial charge in [0.15, 0.2) is 0 Å². The third-order valence-electron chi connectivity index (χ3n) is 3.45. The van der Waals surface area contributed by atoms with E-state index in [0.29, 0.717) is 0 Å². The fourth-order valence-electron chi connectivity index (χ4n) is 2.14. The van der Waals surface area contributed by atoms with Gasteiger partial charge in [-0.3, -0.25) is 19.7 Å². The highest BCUT2D eigenvalue weighted by atomic mass is 19.1. The Balaban J connectivity index is 2.10. The Labute approximate surface area is 121 Å². The van der Waals surface area contributed by atoms with Crippen LogP contribution in [0.25, 0.3) is 0 Å². The molecule has 2 rings (SSSR count). The van der Waals surface area contributed by atoms with E-state index < -0.39 is 23.7 Å². The summed E-state index contributed by atoms with van der Waals surface area (Å²) < 4.78 is 14.0. The largest absolute Gasteiger partial charge is 0.340 e. The van der Waals surface area contributed by atoms with E-state index in [2.05, 4.69) is 10.6 Å². The Hall–Kier alpha value is -2.24. The molecule has 2 N–H and O–H groups in total. The van der Waals surface area contributed by atoms with Gasteiger partial charge in [-0.05, 0) is 30.0 Å². The molecule has 1 aromatic carbocycles. The monoisotopic (exact) mass is 292 g/mol. The maximum Gasteiger partial charge on any atom is 0.254 e. The minimum atomic E-state index is -0.806. The zero-order chi connectivity index (χ0) is 15.6. The highest BCUT2D eigenvalue weighted by Crippen LogP contribution is 2.18. The standard InChI is InChI=1S/C15H17FN2O3/c1-8(2)9-3-4-10(11(16)7-9)14(20)17-12-5-6-13(19)18-15(12)21/h3-4,7-8,12H,5-6H2,1-2H3,(H,17,20)(H,18,19,21)/t12-/m1/s1. The molecular weight excluding hydrogens is 275 g/mol. The number of hydrogen-bond donors (Lipinski definition) is 2. The molecule has 1 fully saturated rings. The number of carbonyl (C=O) groups excluding carboxylic acids is 3. The molecule has 0 radical (unpaired) electrons. The van der Waals surface area contributed by atoms with Gasteiger partial charge in [0.25, 0.3) is 5.91 Å². The number of nitrogens with one attached hydrogen (secondary N) is 2. The minimum absolute atomic E-state index is 0.107. The normalized spacial score (nSPS) is 18.6. The van der Waals surface area contributed by atoms with Crippen LogP contribution in [0.5, 0.6) is 0 Å². The third kappa shape index (κ3) is 3.45. The Morgan fingerprint density at radius 1 is 1.38 bits per heavy atom. The van der Waals surface area contributed by atoms with E-state index in [1.807, 2.05) is 13.8 Å². The Morgan fingerprint density at radius 2 is 2.10 bits per heavy atom. The fourth-order valence-corrected chi connectivity index (χ4v) is 2.14. The van der Waals surface area contributed by atoms with Gasteiger partial charge in [-0.2, -0.15) is 0 Å². The summed E-state index contributed by atoms with van der Waals surface area (Å²) in [7, 11) is 0. The van der Waals surface area contributed by atoms with Gasteiger partial charge >= 0.3 is 0 Å². The van der Waals surface area contributed by atoms with Crippen LogP contribution in [0.4, 0.5) is 4.39 Å².